The van der Waals surface area contributed by atoms with Crippen LogP contribution in [0.25, 0.3) is 0 Å². The van der Waals surface area contributed by atoms with E-state index in [1.807, 2.05) is 0 Å². The van der Waals surface area contributed by atoms with Gasteiger partial charge in [0.05, 0.1) is 7.11 Å². The van der Waals surface area contributed by atoms with Crippen LogP contribution >= 0.6 is 0 Å². The highest BCUT2D eigenvalue weighted by Crippen LogP contribution is 2.31. The van der Waals surface area contributed by atoms with E-state index in [0.29, 0.717) is 17.7 Å². The maximum absolute atomic E-state index is 13.0. The second kappa shape index (κ2) is 5.79. The fraction of sp³-hybridized carbons (Fsp3) is 0.235. The van der Waals surface area contributed by atoms with Gasteiger partial charge in [-0.2, -0.15) is 0 Å². The van der Waals surface area contributed by atoms with E-state index in [2.05, 4.69) is 9.72 Å². The third-order valence-corrected chi connectivity index (χ3v) is 4.05. The van der Waals surface area contributed by atoms with Crippen LogP contribution in [0.1, 0.15) is 44.3 Å². The lowest BCUT2D eigenvalue weighted by atomic mass is 9.81. The summed E-state index contributed by atoms with van der Waals surface area (Å²) in [6.45, 7) is 0. The lowest BCUT2D eigenvalue weighted by molar-refractivity contribution is 0.0598. The van der Waals surface area contributed by atoms with Crippen LogP contribution in [0.5, 0.6) is 0 Å². The number of fused-ring (bicyclic) bond motifs is 1. The zero-order valence-corrected chi connectivity index (χ0v) is 12.4. The quantitative estimate of drug-likeness (QED) is 0.862. The first kappa shape index (κ1) is 15.1. The van der Waals surface area contributed by atoms with Crippen molar-refractivity contribution in [2.45, 2.75) is 18.8 Å². The summed E-state index contributed by atoms with van der Waals surface area (Å²) >= 11 is 0. The lowest BCUT2D eigenvalue weighted by Crippen LogP contribution is -2.27. The molecule has 23 heavy (non-hydrogen) atoms. The summed E-state index contributed by atoms with van der Waals surface area (Å²) in [5.41, 5.74) is 0.905. The molecular formula is C17H14FNO4. The average Bonchev–Trinajstić information content (AvgIpc) is 2.54. The molecule has 1 atom stereocenters. The Morgan fingerprint density at radius 3 is 2.57 bits per heavy atom. The van der Waals surface area contributed by atoms with Gasteiger partial charge in [-0.25, -0.2) is 9.18 Å². The Balaban J connectivity index is 1.99. The first-order valence-corrected chi connectivity index (χ1v) is 7.12. The number of benzene rings is 1. The Bertz CT molecular complexity index is 839. The molecule has 5 nitrogen and oxygen atoms in total. The molecule has 118 valence electrons. The maximum Gasteiger partial charge on any atom is 0.343 e. The van der Waals surface area contributed by atoms with E-state index in [1.54, 1.807) is 12.1 Å². The Hall–Kier alpha value is -2.76. The van der Waals surface area contributed by atoms with Gasteiger partial charge in [-0.05, 0) is 36.1 Å². The number of H-pyrrole nitrogens is 1. The smallest absolute Gasteiger partial charge is 0.343 e. The summed E-state index contributed by atoms with van der Waals surface area (Å²) in [6, 6.07) is 7.26. The van der Waals surface area contributed by atoms with Gasteiger partial charge in [-0.15, -0.1) is 0 Å². The number of halogens is 1. The maximum atomic E-state index is 13.0. The largest absolute Gasteiger partial charge is 0.465 e. The zero-order chi connectivity index (χ0) is 16.6. The molecule has 1 aromatic carbocycles. The van der Waals surface area contributed by atoms with Crippen molar-refractivity contribution in [1.29, 1.82) is 0 Å². The van der Waals surface area contributed by atoms with Gasteiger partial charge < -0.3 is 9.72 Å². The SMILES string of the molecule is COC(=O)c1cc2c([nH]c1=O)C[C@@H](c1ccc(F)cc1)CC2=O. The first-order valence-electron chi connectivity index (χ1n) is 7.12. The Morgan fingerprint density at radius 1 is 1.22 bits per heavy atom. The number of aromatic nitrogens is 1. The van der Waals surface area contributed by atoms with Gasteiger partial charge in [-0.3, -0.25) is 9.59 Å². The number of hydrogen-bond donors (Lipinski definition) is 1. The molecule has 0 aliphatic heterocycles. The topological polar surface area (TPSA) is 76.2 Å². The van der Waals surface area contributed by atoms with Crippen LogP contribution < -0.4 is 5.56 Å². The van der Waals surface area contributed by atoms with E-state index in [0.717, 1.165) is 5.56 Å². The number of carbonyl (C=O) groups is 2. The highest BCUT2D eigenvalue weighted by atomic mass is 19.1. The molecule has 3 rings (SSSR count). The van der Waals surface area contributed by atoms with Crippen LogP contribution in [-0.4, -0.2) is 23.8 Å². The van der Waals surface area contributed by atoms with E-state index >= 15 is 0 Å². The molecule has 2 aromatic rings. The van der Waals surface area contributed by atoms with Gasteiger partial charge in [0, 0.05) is 17.7 Å². The molecule has 6 heteroatoms. The van der Waals surface area contributed by atoms with Gasteiger partial charge in [0.1, 0.15) is 11.4 Å². The summed E-state index contributed by atoms with van der Waals surface area (Å²) in [6.07, 6.45) is 0.689. The highest BCUT2D eigenvalue weighted by molar-refractivity contribution is 6.01. The number of hydrogen-bond acceptors (Lipinski definition) is 4. The van der Waals surface area contributed by atoms with E-state index in [1.165, 1.54) is 25.3 Å². The van der Waals surface area contributed by atoms with Crippen LogP contribution in [0, 0.1) is 5.82 Å². The molecule has 1 aliphatic carbocycles. The molecule has 0 amide bonds. The molecule has 1 aromatic heterocycles. The van der Waals surface area contributed by atoms with Crippen LogP contribution in [0.2, 0.25) is 0 Å². The van der Waals surface area contributed by atoms with Crippen LogP contribution in [-0.2, 0) is 11.2 Å². The van der Waals surface area contributed by atoms with Crippen molar-refractivity contribution in [3.8, 4) is 0 Å². The van der Waals surface area contributed by atoms with Crippen molar-refractivity contribution in [3.05, 3.63) is 68.9 Å². The molecule has 1 N–H and O–H groups in total. The van der Waals surface area contributed by atoms with Crippen molar-refractivity contribution in [1.82, 2.24) is 4.98 Å². The number of ether oxygens (including phenoxy) is 1. The number of Topliss-reactive ketones (excluding diaryl/α,β-unsaturated/α-hetero) is 1. The summed E-state index contributed by atoms with van der Waals surface area (Å²) in [4.78, 5) is 38.5. The molecule has 0 unspecified atom stereocenters. The Labute approximate surface area is 131 Å². The van der Waals surface area contributed by atoms with Crippen molar-refractivity contribution >= 4 is 11.8 Å². The predicted molar refractivity (Wildman–Crippen MR) is 80.2 cm³/mol. The molecule has 0 saturated carbocycles. The summed E-state index contributed by atoms with van der Waals surface area (Å²) in [5, 5.41) is 0. The van der Waals surface area contributed by atoms with Crippen LogP contribution in [0.4, 0.5) is 4.39 Å². The fourth-order valence-corrected chi connectivity index (χ4v) is 2.86. The molecule has 0 radical (unpaired) electrons. The number of methoxy groups -OCH3 is 1. The van der Waals surface area contributed by atoms with E-state index in [-0.39, 0.29) is 29.5 Å². The van der Waals surface area contributed by atoms with Crippen LogP contribution in [0.15, 0.2) is 35.1 Å². The van der Waals surface area contributed by atoms with E-state index in [4.69, 9.17) is 0 Å². The highest BCUT2D eigenvalue weighted by Gasteiger charge is 2.29. The zero-order valence-electron chi connectivity index (χ0n) is 12.4. The number of esters is 1. The molecule has 0 saturated heterocycles. The second-order valence-electron chi connectivity index (χ2n) is 5.48. The lowest BCUT2D eigenvalue weighted by Gasteiger charge is -2.24. The average molecular weight is 315 g/mol. The standard InChI is InChI=1S/C17H14FNO4/c1-23-17(22)13-8-12-14(19-16(13)21)6-10(7-15(12)20)9-2-4-11(18)5-3-9/h2-5,8,10H,6-7H2,1H3,(H,19,21)/t10-/m1/s1. The number of pyridine rings is 1. The van der Waals surface area contributed by atoms with Crippen molar-refractivity contribution in [2.75, 3.05) is 7.11 Å². The molecular weight excluding hydrogens is 301 g/mol. The minimum Gasteiger partial charge on any atom is -0.465 e. The number of nitrogens with one attached hydrogen (secondary N) is 1. The third kappa shape index (κ3) is 2.79. The molecule has 1 aliphatic rings. The minimum atomic E-state index is -0.775. The predicted octanol–water partition coefficient (Wildman–Crippen LogP) is 2.21. The molecule has 0 bridgehead atoms. The summed E-state index contributed by atoms with van der Waals surface area (Å²) in [7, 11) is 1.17. The Kier molecular flexibility index (Phi) is 3.82. The Morgan fingerprint density at radius 2 is 1.91 bits per heavy atom. The number of rotatable bonds is 2. The monoisotopic (exact) mass is 315 g/mol. The van der Waals surface area contributed by atoms with Crippen molar-refractivity contribution in [2.24, 2.45) is 0 Å². The third-order valence-electron chi connectivity index (χ3n) is 4.05. The van der Waals surface area contributed by atoms with Gasteiger partial charge in [-0.1, -0.05) is 12.1 Å². The first-order chi connectivity index (χ1) is 11.0. The molecule has 0 fully saturated rings. The molecule has 0 spiro atoms. The van der Waals surface area contributed by atoms with E-state index in [9.17, 15) is 18.8 Å². The minimum absolute atomic E-state index is 0.129. The number of ketones is 1. The fourth-order valence-electron chi connectivity index (χ4n) is 2.86. The van der Waals surface area contributed by atoms with Gasteiger partial charge in [0.2, 0.25) is 0 Å². The van der Waals surface area contributed by atoms with Crippen molar-refractivity contribution in [3.63, 3.8) is 0 Å². The summed E-state index contributed by atoms with van der Waals surface area (Å²) in [5.74, 6) is -1.41. The van der Waals surface area contributed by atoms with E-state index < -0.39 is 11.5 Å². The number of aromatic amines is 1. The normalized spacial score (nSPS) is 16.8. The summed E-state index contributed by atoms with van der Waals surface area (Å²) < 4.78 is 17.6. The number of carbonyl (C=O) groups excluding carboxylic acids is 2. The van der Waals surface area contributed by atoms with Crippen molar-refractivity contribution < 1.29 is 18.7 Å². The second-order valence-corrected chi connectivity index (χ2v) is 5.48. The van der Waals surface area contributed by atoms with Gasteiger partial charge in [0.25, 0.3) is 5.56 Å². The van der Waals surface area contributed by atoms with Crippen LogP contribution in [0.3, 0.4) is 0 Å². The van der Waals surface area contributed by atoms with Gasteiger partial charge >= 0.3 is 5.97 Å². The molecule has 1 heterocycles. The van der Waals surface area contributed by atoms with Gasteiger partial charge in [0.15, 0.2) is 5.78 Å².